The summed E-state index contributed by atoms with van der Waals surface area (Å²) < 4.78 is 9.92. The Balaban J connectivity index is 0.924. The van der Waals surface area contributed by atoms with E-state index in [2.05, 4.69) is 297 Å². The highest BCUT2D eigenvalue weighted by Crippen LogP contribution is 2.59. The molecular weight excluding hydrogens is 957 g/mol. The molecule has 2 aliphatic carbocycles. The standard InChI is InChI=1S/C75H46N4/c1-3-19-49(20-4-1)76-67-31-15-9-25-55(67)59-43-61-57-27-11-17-33-69(57)78(73(61)45-71(59)76)51-39-37-47-35-36-48-38-40-52(42-66(48)75(65(47)41-51)63-29-13-7-23-53(63)54-24-8-14-30-64(54)75)79-70-34-18-12-28-58(70)62-44-60-56-26-10-16-32-68(56)77(72(60)46-74(62)79)50-21-5-2-6-22-50/h1-46H. The zero-order chi connectivity index (χ0) is 51.5. The van der Waals surface area contributed by atoms with Crippen LogP contribution >= 0.6 is 0 Å². The van der Waals surface area contributed by atoms with E-state index in [1.165, 1.54) is 132 Å². The Morgan fingerprint density at radius 3 is 0.899 bits per heavy atom. The van der Waals surface area contributed by atoms with E-state index in [-0.39, 0.29) is 0 Å². The molecule has 0 unspecified atom stereocenters. The van der Waals surface area contributed by atoms with Crippen LogP contribution in [0.5, 0.6) is 0 Å². The van der Waals surface area contributed by atoms with Crippen molar-refractivity contribution in [1.82, 2.24) is 18.3 Å². The van der Waals surface area contributed by atoms with Crippen molar-refractivity contribution in [3.05, 3.63) is 300 Å². The van der Waals surface area contributed by atoms with E-state index in [9.17, 15) is 0 Å². The molecule has 16 aromatic rings. The number of fused-ring (bicyclic) bond motifs is 21. The third-order valence-electron chi connectivity index (χ3n) is 17.8. The molecule has 4 aromatic heterocycles. The van der Waals surface area contributed by atoms with Crippen molar-refractivity contribution in [3.63, 3.8) is 0 Å². The second-order valence-corrected chi connectivity index (χ2v) is 21.6. The van der Waals surface area contributed by atoms with Gasteiger partial charge < -0.3 is 18.3 Å². The fourth-order valence-corrected chi connectivity index (χ4v) is 14.6. The zero-order valence-corrected chi connectivity index (χ0v) is 42.8. The third-order valence-corrected chi connectivity index (χ3v) is 17.8. The van der Waals surface area contributed by atoms with Crippen LogP contribution in [0.1, 0.15) is 33.4 Å². The molecule has 0 atom stereocenters. The van der Waals surface area contributed by atoms with Crippen LogP contribution in [-0.4, -0.2) is 18.3 Å². The van der Waals surface area contributed by atoms with Crippen LogP contribution in [0.25, 0.3) is 133 Å². The predicted molar refractivity (Wildman–Crippen MR) is 330 cm³/mol. The average Bonchev–Trinajstić information content (AvgIpc) is 4.07. The van der Waals surface area contributed by atoms with Crippen LogP contribution in [0, 0.1) is 0 Å². The van der Waals surface area contributed by atoms with Crippen LogP contribution in [0.4, 0.5) is 0 Å². The minimum absolute atomic E-state index is 0.690. The minimum atomic E-state index is -0.690. The molecule has 4 heteroatoms. The topological polar surface area (TPSA) is 19.7 Å². The van der Waals surface area contributed by atoms with E-state index >= 15 is 0 Å². The summed E-state index contributed by atoms with van der Waals surface area (Å²) in [5.41, 5.74) is 23.4. The van der Waals surface area contributed by atoms with E-state index in [1.54, 1.807) is 0 Å². The van der Waals surface area contributed by atoms with E-state index in [1.807, 2.05) is 0 Å². The van der Waals surface area contributed by atoms with Gasteiger partial charge in [0.1, 0.15) is 0 Å². The number of aromatic nitrogens is 4. The number of hydrogen-bond acceptors (Lipinski definition) is 0. The minimum Gasteiger partial charge on any atom is -0.309 e. The van der Waals surface area contributed by atoms with Crippen LogP contribution < -0.4 is 0 Å². The summed E-state index contributed by atoms with van der Waals surface area (Å²) in [4.78, 5) is 0. The first kappa shape index (κ1) is 42.8. The molecule has 366 valence electrons. The average molecular weight is 1000 g/mol. The number of para-hydroxylation sites is 6. The molecule has 1 spiro atoms. The van der Waals surface area contributed by atoms with Crippen molar-refractivity contribution < 1.29 is 0 Å². The molecule has 0 fully saturated rings. The lowest BCUT2D eigenvalue weighted by Crippen LogP contribution is -2.30. The SMILES string of the molecule is C1=Cc2ccc(-n3c4ccccc4c4cc5c6ccccc6n(-c6ccccc6)c5cc43)cc2C2(c3cc(-n4c5ccccc5c5cc6c7ccccc7n(-c7ccccc7)c6cc54)ccc31)c1ccccc1-c1ccccc12. The normalized spacial score (nSPS) is 13.4. The van der Waals surface area contributed by atoms with Gasteiger partial charge in [0.2, 0.25) is 0 Å². The smallest absolute Gasteiger partial charge is 0.0726 e. The van der Waals surface area contributed by atoms with Gasteiger partial charge in [0.25, 0.3) is 0 Å². The van der Waals surface area contributed by atoms with Crippen molar-refractivity contribution in [1.29, 1.82) is 0 Å². The summed E-state index contributed by atoms with van der Waals surface area (Å²) >= 11 is 0. The van der Waals surface area contributed by atoms with Crippen molar-refractivity contribution in [2.45, 2.75) is 5.41 Å². The van der Waals surface area contributed by atoms with Gasteiger partial charge in [-0.05, 0) is 142 Å². The van der Waals surface area contributed by atoms with Crippen LogP contribution in [0.2, 0.25) is 0 Å². The van der Waals surface area contributed by atoms with E-state index < -0.39 is 5.41 Å². The molecule has 18 rings (SSSR count). The molecule has 0 amide bonds. The second-order valence-electron chi connectivity index (χ2n) is 21.6. The number of benzene rings is 12. The summed E-state index contributed by atoms with van der Waals surface area (Å²) in [5, 5.41) is 9.95. The number of rotatable bonds is 4. The van der Waals surface area contributed by atoms with Crippen molar-refractivity contribution >= 4 is 99.4 Å². The molecule has 0 N–H and O–H groups in total. The van der Waals surface area contributed by atoms with E-state index in [4.69, 9.17) is 0 Å². The van der Waals surface area contributed by atoms with Gasteiger partial charge in [-0.25, -0.2) is 0 Å². The van der Waals surface area contributed by atoms with Gasteiger partial charge >= 0.3 is 0 Å². The van der Waals surface area contributed by atoms with Gasteiger partial charge in [0, 0.05) is 65.8 Å². The summed E-state index contributed by atoms with van der Waals surface area (Å²) in [6.45, 7) is 0. The molecule has 4 heterocycles. The van der Waals surface area contributed by atoms with E-state index in [0.717, 1.165) is 22.7 Å². The van der Waals surface area contributed by atoms with E-state index in [0.29, 0.717) is 0 Å². The Labute approximate surface area is 454 Å². The molecule has 12 aromatic carbocycles. The predicted octanol–water partition coefficient (Wildman–Crippen LogP) is 18.9. The summed E-state index contributed by atoms with van der Waals surface area (Å²) in [6.07, 6.45) is 4.73. The molecular formula is C75H46N4. The molecule has 0 radical (unpaired) electrons. The maximum absolute atomic E-state index is 2.53. The van der Waals surface area contributed by atoms with Crippen molar-refractivity contribution in [2.75, 3.05) is 0 Å². The second kappa shape index (κ2) is 15.8. The maximum atomic E-state index is 2.53. The maximum Gasteiger partial charge on any atom is 0.0726 e. The molecule has 4 nitrogen and oxygen atoms in total. The fraction of sp³-hybridized carbons (Fsp3) is 0.0133. The van der Waals surface area contributed by atoms with Gasteiger partial charge in [-0.2, -0.15) is 0 Å². The number of nitrogens with zero attached hydrogens (tertiary/aromatic N) is 4. The first-order valence-corrected chi connectivity index (χ1v) is 27.4. The third kappa shape index (κ3) is 5.66. The van der Waals surface area contributed by atoms with Gasteiger partial charge in [0.05, 0.1) is 49.5 Å². The Morgan fingerprint density at radius 2 is 0.519 bits per heavy atom. The fourth-order valence-electron chi connectivity index (χ4n) is 14.6. The highest BCUT2D eigenvalue weighted by atomic mass is 15.0. The molecule has 0 bridgehead atoms. The largest absolute Gasteiger partial charge is 0.309 e. The van der Waals surface area contributed by atoms with Crippen molar-refractivity contribution in [3.8, 4) is 33.9 Å². The summed E-state index contributed by atoms with van der Waals surface area (Å²) in [5.74, 6) is 0. The lowest BCUT2D eigenvalue weighted by molar-refractivity contribution is 0.764. The Morgan fingerprint density at radius 1 is 0.203 bits per heavy atom. The Hall–Kier alpha value is -10.4. The monoisotopic (exact) mass is 1000 g/mol. The molecule has 79 heavy (non-hydrogen) atoms. The molecule has 0 saturated carbocycles. The van der Waals surface area contributed by atoms with Crippen LogP contribution in [-0.2, 0) is 5.41 Å². The van der Waals surface area contributed by atoms with Gasteiger partial charge in [-0.15, -0.1) is 0 Å². The Bertz CT molecular complexity index is 4980. The number of hydrogen-bond donors (Lipinski definition) is 0. The van der Waals surface area contributed by atoms with Gasteiger partial charge in [0.15, 0.2) is 0 Å². The quantitative estimate of drug-likeness (QED) is 0.167. The lowest BCUT2D eigenvalue weighted by Gasteiger charge is -2.36. The summed E-state index contributed by atoms with van der Waals surface area (Å²) in [7, 11) is 0. The first-order chi connectivity index (χ1) is 39.2. The molecule has 0 saturated heterocycles. The zero-order valence-electron chi connectivity index (χ0n) is 42.8. The molecule has 2 aliphatic rings. The van der Waals surface area contributed by atoms with Gasteiger partial charge in [-0.3, -0.25) is 0 Å². The lowest BCUT2D eigenvalue weighted by atomic mass is 9.66. The van der Waals surface area contributed by atoms with Crippen molar-refractivity contribution in [2.24, 2.45) is 0 Å². The van der Waals surface area contributed by atoms with Gasteiger partial charge in [-0.1, -0.05) is 182 Å². The highest BCUT2D eigenvalue weighted by molar-refractivity contribution is 6.21. The Kier molecular flexibility index (Phi) is 8.57. The van der Waals surface area contributed by atoms with Crippen LogP contribution in [0.15, 0.2) is 267 Å². The first-order valence-electron chi connectivity index (χ1n) is 27.4. The molecule has 0 aliphatic heterocycles. The summed E-state index contributed by atoms with van der Waals surface area (Å²) in [6, 6.07) is 99.9. The highest BCUT2D eigenvalue weighted by Gasteiger charge is 2.49. The van der Waals surface area contributed by atoms with Crippen LogP contribution in [0.3, 0.4) is 0 Å².